The van der Waals surface area contributed by atoms with E-state index in [0.29, 0.717) is 50.2 Å². The molecule has 0 radical (unpaired) electrons. The maximum atomic E-state index is 14.7. The molecule has 3 heterocycles. The number of halogens is 1. The number of amides is 1. The van der Waals surface area contributed by atoms with E-state index in [9.17, 15) is 27.5 Å². The highest BCUT2D eigenvalue weighted by atomic mass is 32.2. The van der Waals surface area contributed by atoms with E-state index in [1.807, 2.05) is 33.0 Å². The first-order valence-corrected chi connectivity index (χ1v) is 17.0. The lowest BCUT2D eigenvalue weighted by atomic mass is 9.91. The average molecular weight is 636 g/mol. The lowest BCUT2D eigenvalue weighted by Crippen LogP contribution is -2.48. The van der Waals surface area contributed by atoms with Crippen molar-refractivity contribution < 1.29 is 37.0 Å². The summed E-state index contributed by atoms with van der Waals surface area (Å²) in [7, 11) is -1.83. The van der Waals surface area contributed by atoms with E-state index in [0.717, 1.165) is 32.0 Å². The van der Waals surface area contributed by atoms with Gasteiger partial charge in [0.15, 0.2) is 0 Å². The van der Waals surface area contributed by atoms with Gasteiger partial charge in [0.2, 0.25) is 10.0 Å². The topological polar surface area (TPSA) is 117 Å². The minimum atomic E-state index is -3.84. The molecule has 2 fully saturated rings. The number of sulfonamides is 1. The van der Waals surface area contributed by atoms with Gasteiger partial charge in [0.25, 0.3) is 0 Å². The molecule has 44 heavy (non-hydrogen) atoms. The van der Waals surface area contributed by atoms with E-state index >= 15 is 0 Å². The summed E-state index contributed by atoms with van der Waals surface area (Å²) in [5, 5.41) is 10.6. The molecule has 1 amide bonds. The predicted octanol–water partition coefficient (Wildman–Crippen LogP) is 4.05. The molecule has 0 aromatic heterocycles. The van der Waals surface area contributed by atoms with Crippen LogP contribution in [0.3, 0.4) is 0 Å². The summed E-state index contributed by atoms with van der Waals surface area (Å²) in [6.07, 6.45) is 4.82. The zero-order valence-corrected chi connectivity index (χ0v) is 27.0. The van der Waals surface area contributed by atoms with Gasteiger partial charge in [-0.25, -0.2) is 17.6 Å². The molecular weight excluding hydrogens is 589 g/mol. The van der Waals surface area contributed by atoms with E-state index in [-0.39, 0.29) is 29.2 Å². The fraction of sp³-hybridized carbons (Fsp3) is 0.625. The number of rotatable bonds is 5. The Labute approximate surface area is 260 Å². The first-order valence-electron chi connectivity index (χ1n) is 15.5. The van der Waals surface area contributed by atoms with Crippen molar-refractivity contribution >= 4 is 28.2 Å². The molecule has 4 rings (SSSR count). The van der Waals surface area contributed by atoms with Gasteiger partial charge in [0.1, 0.15) is 18.0 Å². The number of hydrogen-bond donors (Lipinski definition) is 1. The van der Waals surface area contributed by atoms with Crippen molar-refractivity contribution in [1.82, 2.24) is 14.1 Å². The van der Waals surface area contributed by atoms with Gasteiger partial charge in [-0.1, -0.05) is 26.0 Å². The summed E-state index contributed by atoms with van der Waals surface area (Å²) >= 11 is 0. The van der Waals surface area contributed by atoms with Crippen molar-refractivity contribution in [2.24, 2.45) is 11.8 Å². The Balaban J connectivity index is 1.59. The SMILES string of the molecule is C/C(=C\c1cc(F)cc(S(=O)(=O)N2CCCC2)c1)[C@H]1OC(=O)C[C@H](O)CC[C@H](C)[C@@H](OC(=O)N2CCN(C)CC2)/C=C/[C@@H]1C. The standard InChI is InChI=1S/C32H46FN3O7S/c1-22-7-9-27(37)21-30(38)43-31(23(2)8-10-29(22)42-32(39)35-15-13-34(4)14-16-35)24(3)17-25-18-26(33)20-28(19-25)44(40,41)36-11-5-6-12-36/h8,10,17-20,22-23,27,29,31,37H,5-7,9,11-16,21H2,1-4H3/b10-8+,24-17+/t22-,23-,27+,29-,31-/m0/s1. The van der Waals surface area contributed by atoms with Crippen molar-refractivity contribution in [2.75, 3.05) is 46.3 Å². The van der Waals surface area contributed by atoms with Gasteiger partial charge in [-0.2, -0.15) is 4.31 Å². The van der Waals surface area contributed by atoms with Crippen molar-refractivity contribution in [3.63, 3.8) is 0 Å². The van der Waals surface area contributed by atoms with E-state index in [1.54, 1.807) is 17.9 Å². The number of benzene rings is 1. The van der Waals surface area contributed by atoms with Gasteiger partial charge in [0.05, 0.1) is 17.4 Å². The van der Waals surface area contributed by atoms with Crippen molar-refractivity contribution in [2.45, 2.75) is 76.1 Å². The van der Waals surface area contributed by atoms with Crippen LogP contribution < -0.4 is 0 Å². The zero-order valence-electron chi connectivity index (χ0n) is 26.2. The van der Waals surface area contributed by atoms with E-state index < -0.39 is 40.1 Å². The summed E-state index contributed by atoms with van der Waals surface area (Å²) in [6.45, 7) is 9.05. The van der Waals surface area contributed by atoms with Gasteiger partial charge < -0.3 is 24.4 Å². The Morgan fingerprint density at radius 1 is 1.05 bits per heavy atom. The molecule has 10 nitrogen and oxygen atoms in total. The van der Waals surface area contributed by atoms with Crippen LogP contribution in [0.1, 0.15) is 58.4 Å². The number of aliphatic hydroxyl groups is 1. The third-order valence-electron chi connectivity index (χ3n) is 8.70. The lowest BCUT2D eigenvalue weighted by molar-refractivity contribution is -0.151. The van der Waals surface area contributed by atoms with Gasteiger partial charge in [-0.15, -0.1) is 0 Å². The molecule has 0 spiro atoms. The second-order valence-corrected chi connectivity index (χ2v) is 14.4. The second kappa shape index (κ2) is 15.0. The Bertz CT molecular complexity index is 1340. The predicted molar refractivity (Wildman–Crippen MR) is 165 cm³/mol. The summed E-state index contributed by atoms with van der Waals surface area (Å²) < 4.78 is 54.1. The normalized spacial score (nSPS) is 29.4. The fourth-order valence-corrected chi connectivity index (χ4v) is 7.45. The summed E-state index contributed by atoms with van der Waals surface area (Å²) in [5.41, 5.74) is 0.891. The Morgan fingerprint density at radius 3 is 2.41 bits per heavy atom. The maximum absolute atomic E-state index is 14.7. The van der Waals surface area contributed by atoms with Crippen molar-refractivity contribution in [1.29, 1.82) is 0 Å². The van der Waals surface area contributed by atoms with Gasteiger partial charge in [-0.05, 0) is 81.0 Å². The average Bonchev–Trinajstić information content (AvgIpc) is 3.52. The number of ether oxygens (including phenoxy) is 2. The minimum Gasteiger partial charge on any atom is -0.457 e. The molecule has 12 heteroatoms. The number of likely N-dealkylation sites (N-methyl/N-ethyl adjacent to an activating group) is 1. The molecule has 3 aliphatic heterocycles. The minimum absolute atomic E-state index is 0.113. The number of carbonyl (C=O) groups excluding carboxylic acids is 2. The smallest absolute Gasteiger partial charge is 0.410 e. The number of cyclic esters (lactones) is 1. The number of hydrogen-bond acceptors (Lipinski definition) is 8. The van der Waals surface area contributed by atoms with Crippen LogP contribution in [0.2, 0.25) is 0 Å². The highest BCUT2D eigenvalue weighted by Crippen LogP contribution is 2.28. The molecule has 5 atom stereocenters. The van der Waals surface area contributed by atoms with E-state index in [4.69, 9.17) is 9.47 Å². The Hall–Kier alpha value is -2.80. The van der Waals surface area contributed by atoms with Gasteiger partial charge in [-0.3, -0.25) is 4.79 Å². The number of nitrogens with zero attached hydrogens (tertiary/aromatic N) is 3. The van der Waals surface area contributed by atoms with Crippen LogP contribution in [-0.4, -0.2) is 104 Å². The molecular formula is C32H46FN3O7S. The molecule has 1 N–H and O–H groups in total. The quantitative estimate of drug-likeness (QED) is 0.381. The molecule has 1 aromatic carbocycles. The summed E-state index contributed by atoms with van der Waals surface area (Å²) in [5.74, 6) is -1.75. The van der Waals surface area contributed by atoms with Crippen LogP contribution in [0.4, 0.5) is 9.18 Å². The van der Waals surface area contributed by atoms with Crippen LogP contribution in [0.5, 0.6) is 0 Å². The monoisotopic (exact) mass is 635 g/mol. The first-order chi connectivity index (χ1) is 20.8. The Morgan fingerprint density at radius 2 is 1.73 bits per heavy atom. The summed E-state index contributed by atoms with van der Waals surface area (Å²) in [6, 6.07) is 3.69. The number of carbonyl (C=O) groups is 2. The second-order valence-electron chi connectivity index (χ2n) is 12.4. The van der Waals surface area contributed by atoms with Crippen LogP contribution in [0.25, 0.3) is 6.08 Å². The third-order valence-corrected chi connectivity index (χ3v) is 10.6. The van der Waals surface area contributed by atoms with E-state index in [1.165, 1.54) is 16.4 Å². The lowest BCUT2D eigenvalue weighted by Gasteiger charge is -2.33. The molecule has 0 bridgehead atoms. The van der Waals surface area contributed by atoms with Crippen LogP contribution >= 0.6 is 0 Å². The molecule has 3 aliphatic rings. The van der Waals surface area contributed by atoms with Crippen LogP contribution in [0, 0.1) is 17.7 Å². The summed E-state index contributed by atoms with van der Waals surface area (Å²) in [4.78, 5) is 29.6. The Kier molecular flexibility index (Phi) is 11.6. The largest absolute Gasteiger partial charge is 0.457 e. The molecule has 0 saturated carbocycles. The zero-order chi connectivity index (χ0) is 32.0. The van der Waals surface area contributed by atoms with Crippen LogP contribution in [-0.2, 0) is 24.3 Å². The molecule has 0 unspecified atom stereocenters. The highest BCUT2D eigenvalue weighted by Gasteiger charge is 2.30. The molecule has 1 aromatic rings. The van der Waals surface area contributed by atoms with E-state index in [2.05, 4.69) is 4.90 Å². The van der Waals surface area contributed by atoms with Crippen molar-refractivity contribution in [3.05, 3.63) is 47.3 Å². The number of aliphatic hydroxyl groups excluding tert-OH is 1. The van der Waals surface area contributed by atoms with Crippen molar-refractivity contribution in [3.8, 4) is 0 Å². The molecule has 244 valence electrons. The maximum Gasteiger partial charge on any atom is 0.410 e. The highest BCUT2D eigenvalue weighted by molar-refractivity contribution is 7.89. The third kappa shape index (κ3) is 8.89. The van der Waals surface area contributed by atoms with Gasteiger partial charge in [0, 0.05) is 45.2 Å². The molecule has 2 saturated heterocycles. The van der Waals surface area contributed by atoms with Gasteiger partial charge >= 0.3 is 12.1 Å². The number of esters is 1. The molecule has 0 aliphatic carbocycles. The number of piperazine rings is 1. The first kappa shape index (κ1) is 34.1. The van der Waals surface area contributed by atoms with Crippen LogP contribution in [0.15, 0.2) is 40.8 Å². The fourth-order valence-electron chi connectivity index (χ4n) is 5.87.